The van der Waals surface area contributed by atoms with Crippen LogP contribution in [0.1, 0.15) is 24.2 Å². The van der Waals surface area contributed by atoms with Crippen LogP contribution >= 0.6 is 0 Å². The highest BCUT2D eigenvalue weighted by Gasteiger charge is 2.22. The lowest BCUT2D eigenvalue weighted by atomic mass is 10.2. The van der Waals surface area contributed by atoms with Crippen molar-refractivity contribution >= 4 is 28.6 Å². The number of nitrogens with one attached hydrogen (secondary N) is 1. The van der Waals surface area contributed by atoms with Gasteiger partial charge >= 0.3 is 0 Å². The van der Waals surface area contributed by atoms with E-state index in [-0.39, 0.29) is 5.91 Å². The molecule has 2 heterocycles. The molecule has 7 heteroatoms. The number of hydrogen-bond acceptors (Lipinski definition) is 5. The van der Waals surface area contributed by atoms with Crippen molar-refractivity contribution in [3.63, 3.8) is 0 Å². The third kappa shape index (κ3) is 3.67. The quantitative estimate of drug-likeness (QED) is 0.541. The molecule has 0 radical (unpaired) electrons. The lowest BCUT2D eigenvalue weighted by Crippen LogP contribution is -2.30. The molecule has 0 unspecified atom stereocenters. The van der Waals surface area contributed by atoms with Gasteiger partial charge in [-0.3, -0.25) is 9.78 Å². The van der Waals surface area contributed by atoms with Gasteiger partial charge in [-0.1, -0.05) is 30.3 Å². The first-order valence-electron chi connectivity index (χ1n) is 9.62. The van der Waals surface area contributed by atoms with Gasteiger partial charge in [-0.25, -0.2) is 9.67 Å². The van der Waals surface area contributed by atoms with Crippen molar-refractivity contribution < 1.29 is 4.79 Å². The second kappa shape index (κ2) is 8.10. The Bertz CT molecular complexity index is 1130. The summed E-state index contributed by atoms with van der Waals surface area (Å²) in [6, 6.07) is 17.4. The molecule has 0 atom stereocenters. The zero-order chi connectivity index (χ0) is 20.2. The summed E-state index contributed by atoms with van der Waals surface area (Å²) in [6.45, 7) is 5.18. The molecule has 2 aromatic heterocycles. The number of para-hydroxylation sites is 3. The van der Waals surface area contributed by atoms with Crippen LogP contribution in [0.25, 0.3) is 16.7 Å². The van der Waals surface area contributed by atoms with Crippen LogP contribution in [0, 0.1) is 0 Å². The molecule has 1 N–H and O–H groups in total. The van der Waals surface area contributed by atoms with Crippen molar-refractivity contribution in [2.24, 2.45) is 0 Å². The third-order valence-corrected chi connectivity index (χ3v) is 4.75. The number of anilines is 2. The summed E-state index contributed by atoms with van der Waals surface area (Å²) in [6.07, 6.45) is 3.26. The summed E-state index contributed by atoms with van der Waals surface area (Å²) in [4.78, 5) is 23.9. The maximum atomic E-state index is 13.1. The normalized spacial score (nSPS) is 10.8. The van der Waals surface area contributed by atoms with E-state index >= 15 is 0 Å². The molecule has 4 rings (SSSR count). The Kier molecular flexibility index (Phi) is 5.20. The molecule has 29 heavy (non-hydrogen) atoms. The van der Waals surface area contributed by atoms with Gasteiger partial charge in [0.1, 0.15) is 11.4 Å². The van der Waals surface area contributed by atoms with Crippen LogP contribution < -0.4 is 5.32 Å². The fourth-order valence-corrected chi connectivity index (χ4v) is 3.21. The molecule has 2 aromatic carbocycles. The zero-order valence-corrected chi connectivity index (χ0v) is 16.4. The molecule has 0 saturated heterocycles. The smallest absolute Gasteiger partial charge is 0.259 e. The van der Waals surface area contributed by atoms with Crippen LogP contribution in [0.5, 0.6) is 0 Å². The zero-order valence-electron chi connectivity index (χ0n) is 16.4. The van der Waals surface area contributed by atoms with E-state index in [1.54, 1.807) is 22.0 Å². The predicted octanol–water partition coefficient (Wildman–Crippen LogP) is 4.04. The van der Waals surface area contributed by atoms with Gasteiger partial charge < -0.3 is 10.2 Å². The molecule has 146 valence electrons. The van der Waals surface area contributed by atoms with Crippen LogP contribution in [-0.4, -0.2) is 43.6 Å². The van der Waals surface area contributed by atoms with Gasteiger partial charge in [0.15, 0.2) is 5.82 Å². The standard InChI is InChI=1S/C22H22N6O/c1-3-27(4-2)22(29)17-14-24-28(16-10-6-5-7-11-16)21(17)26-20-15-23-18-12-8-9-13-19(18)25-20/h5-15H,3-4H2,1-2H3,(H,25,26). The second-order valence-corrected chi connectivity index (χ2v) is 6.50. The van der Waals surface area contributed by atoms with Gasteiger partial charge in [0.25, 0.3) is 5.91 Å². The van der Waals surface area contributed by atoms with E-state index in [1.165, 1.54) is 0 Å². The third-order valence-electron chi connectivity index (χ3n) is 4.75. The number of hydrogen-bond donors (Lipinski definition) is 1. The first-order chi connectivity index (χ1) is 14.2. The fourth-order valence-electron chi connectivity index (χ4n) is 3.21. The molecule has 4 aromatic rings. The Balaban J connectivity index is 1.79. The van der Waals surface area contributed by atoms with E-state index in [0.717, 1.165) is 16.7 Å². The lowest BCUT2D eigenvalue weighted by molar-refractivity contribution is 0.0774. The molecule has 0 aliphatic heterocycles. The highest BCUT2D eigenvalue weighted by atomic mass is 16.2. The van der Waals surface area contributed by atoms with E-state index in [1.807, 2.05) is 68.4 Å². The minimum atomic E-state index is -0.0755. The SMILES string of the molecule is CCN(CC)C(=O)c1cnn(-c2ccccc2)c1Nc1cnc2ccccc2n1. The Hall–Kier alpha value is -3.74. The van der Waals surface area contributed by atoms with Crippen molar-refractivity contribution in [2.45, 2.75) is 13.8 Å². The number of fused-ring (bicyclic) bond motifs is 1. The number of carbonyl (C=O) groups is 1. The molecule has 0 saturated carbocycles. The molecule has 1 amide bonds. The Morgan fingerprint density at radius 3 is 2.38 bits per heavy atom. The lowest BCUT2D eigenvalue weighted by Gasteiger charge is -2.19. The largest absolute Gasteiger partial charge is 0.339 e. The highest BCUT2D eigenvalue weighted by Crippen LogP contribution is 2.25. The molecule has 0 bridgehead atoms. The molecular weight excluding hydrogens is 364 g/mol. The average molecular weight is 386 g/mol. The number of nitrogens with zero attached hydrogens (tertiary/aromatic N) is 5. The van der Waals surface area contributed by atoms with E-state index < -0.39 is 0 Å². The summed E-state index contributed by atoms with van der Waals surface area (Å²) in [5.41, 5.74) is 2.93. The van der Waals surface area contributed by atoms with E-state index in [4.69, 9.17) is 0 Å². The fraction of sp³-hybridized carbons (Fsp3) is 0.182. The molecule has 7 nitrogen and oxygen atoms in total. The van der Waals surface area contributed by atoms with E-state index in [9.17, 15) is 4.79 Å². The molecule has 0 aliphatic rings. The van der Waals surface area contributed by atoms with E-state index in [0.29, 0.717) is 30.3 Å². The number of rotatable bonds is 6. The van der Waals surface area contributed by atoms with Crippen LogP contribution in [-0.2, 0) is 0 Å². The van der Waals surface area contributed by atoms with Crippen molar-refractivity contribution in [3.8, 4) is 5.69 Å². The first kappa shape index (κ1) is 18.6. The van der Waals surface area contributed by atoms with Gasteiger partial charge in [0, 0.05) is 13.1 Å². The van der Waals surface area contributed by atoms with Crippen LogP contribution in [0.15, 0.2) is 67.0 Å². The molecular formula is C22H22N6O. The minimum absolute atomic E-state index is 0.0755. The van der Waals surface area contributed by atoms with Crippen LogP contribution in [0.2, 0.25) is 0 Å². The number of benzene rings is 2. The van der Waals surface area contributed by atoms with Gasteiger partial charge in [0.2, 0.25) is 0 Å². The topological polar surface area (TPSA) is 75.9 Å². The van der Waals surface area contributed by atoms with Crippen molar-refractivity contribution in [1.29, 1.82) is 0 Å². The summed E-state index contributed by atoms with van der Waals surface area (Å²) >= 11 is 0. The predicted molar refractivity (Wildman–Crippen MR) is 114 cm³/mol. The van der Waals surface area contributed by atoms with Gasteiger partial charge in [0.05, 0.1) is 29.1 Å². The summed E-state index contributed by atoms with van der Waals surface area (Å²) < 4.78 is 1.72. The molecule has 0 aliphatic carbocycles. The average Bonchev–Trinajstić information content (AvgIpc) is 3.18. The monoisotopic (exact) mass is 386 g/mol. The highest BCUT2D eigenvalue weighted by molar-refractivity contribution is 5.99. The Morgan fingerprint density at radius 1 is 0.966 bits per heavy atom. The van der Waals surface area contributed by atoms with Crippen molar-refractivity contribution in [2.75, 3.05) is 18.4 Å². The summed E-state index contributed by atoms with van der Waals surface area (Å²) in [5, 5.41) is 7.75. The minimum Gasteiger partial charge on any atom is -0.339 e. The number of amides is 1. The summed E-state index contributed by atoms with van der Waals surface area (Å²) in [7, 11) is 0. The number of carbonyl (C=O) groups excluding carboxylic acids is 1. The van der Waals surface area contributed by atoms with Crippen molar-refractivity contribution in [1.82, 2.24) is 24.6 Å². The second-order valence-electron chi connectivity index (χ2n) is 6.50. The maximum absolute atomic E-state index is 13.1. The first-order valence-corrected chi connectivity index (χ1v) is 9.62. The van der Waals surface area contributed by atoms with Gasteiger partial charge in [-0.15, -0.1) is 0 Å². The van der Waals surface area contributed by atoms with Crippen LogP contribution in [0.3, 0.4) is 0 Å². The van der Waals surface area contributed by atoms with E-state index in [2.05, 4.69) is 20.4 Å². The molecule has 0 spiro atoms. The molecule has 0 fully saturated rings. The van der Waals surface area contributed by atoms with Crippen LogP contribution in [0.4, 0.5) is 11.6 Å². The van der Waals surface area contributed by atoms with Gasteiger partial charge in [-0.05, 0) is 38.1 Å². The Labute approximate surface area is 169 Å². The van der Waals surface area contributed by atoms with Gasteiger partial charge in [-0.2, -0.15) is 5.10 Å². The maximum Gasteiger partial charge on any atom is 0.259 e. The summed E-state index contributed by atoms with van der Waals surface area (Å²) in [5.74, 6) is 1.04. The van der Waals surface area contributed by atoms with Crippen molar-refractivity contribution in [3.05, 3.63) is 72.6 Å². The number of aromatic nitrogens is 4. The Morgan fingerprint density at radius 2 is 1.66 bits per heavy atom.